The molecule has 3 aromatic rings. The molecule has 0 saturated carbocycles. The lowest BCUT2D eigenvalue weighted by molar-refractivity contribution is 0.209. The summed E-state index contributed by atoms with van der Waals surface area (Å²) < 4.78 is 1.88. The number of benzene rings is 1. The fourth-order valence-electron chi connectivity index (χ4n) is 3.53. The van der Waals surface area contributed by atoms with Gasteiger partial charge in [-0.1, -0.05) is 18.7 Å². The Kier molecular flexibility index (Phi) is 4.47. The highest BCUT2D eigenvalue weighted by atomic mass is 15.3. The molecule has 5 heteroatoms. The minimum absolute atomic E-state index is 0.627. The molecular formula is C21H25N5. The molecule has 2 aromatic heterocycles. The molecule has 0 bridgehead atoms. The maximum atomic E-state index is 4.59. The maximum Gasteiger partial charge on any atom is 0.154 e. The summed E-state index contributed by atoms with van der Waals surface area (Å²) in [7, 11) is 0. The van der Waals surface area contributed by atoms with Crippen molar-refractivity contribution in [2.45, 2.75) is 19.9 Å². The Bertz CT molecular complexity index is 902. The second-order valence-electron chi connectivity index (χ2n) is 7.04. The molecule has 0 radical (unpaired) electrons. The first kappa shape index (κ1) is 16.8. The van der Waals surface area contributed by atoms with Crippen molar-refractivity contribution in [3.05, 3.63) is 54.9 Å². The largest absolute Gasteiger partial charge is 0.369 e. The van der Waals surface area contributed by atoms with Gasteiger partial charge in [-0.25, -0.2) is 9.50 Å². The van der Waals surface area contributed by atoms with Crippen molar-refractivity contribution in [1.29, 1.82) is 0 Å². The third-order valence-corrected chi connectivity index (χ3v) is 5.16. The Morgan fingerprint density at radius 2 is 1.73 bits per heavy atom. The van der Waals surface area contributed by atoms with Gasteiger partial charge in [-0.15, -0.1) is 0 Å². The summed E-state index contributed by atoms with van der Waals surface area (Å²) in [4.78, 5) is 9.46. The highest BCUT2D eigenvalue weighted by molar-refractivity contribution is 5.66. The summed E-state index contributed by atoms with van der Waals surface area (Å²) in [6.45, 7) is 12.8. The number of anilines is 1. The highest BCUT2D eigenvalue weighted by Crippen LogP contribution is 2.24. The normalized spacial score (nSPS) is 15.7. The van der Waals surface area contributed by atoms with Gasteiger partial charge in [0.1, 0.15) is 0 Å². The standard InChI is InChI=1S/C21H25N5/c1-4-18-7-10-21-22-15-20(26(21)23-18)17-5-8-19(9-6-17)25-13-11-24(12-14-25)16(2)3/h4-10,15-16H,1,11-14H2,2-3H3. The molecule has 0 amide bonds. The number of imidazole rings is 1. The topological polar surface area (TPSA) is 36.7 Å². The molecule has 26 heavy (non-hydrogen) atoms. The Labute approximate surface area is 154 Å². The molecule has 0 N–H and O–H groups in total. The average molecular weight is 347 g/mol. The van der Waals surface area contributed by atoms with E-state index in [-0.39, 0.29) is 0 Å². The molecule has 0 unspecified atom stereocenters. The van der Waals surface area contributed by atoms with Gasteiger partial charge >= 0.3 is 0 Å². The van der Waals surface area contributed by atoms with Crippen LogP contribution in [0.5, 0.6) is 0 Å². The summed E-state index contributed by atoms with van der Waals surface area (Å²) in [6, 6.07) is 13.3. The van der Waals surface area contributed by atoms with Gasteiger partial charge in [0.05, 0.1) is 17.6 Å². The zero-order chi connectivity index (χ0) is 18.1. The van der Waals surface area contributed by atoms with Crippen LogP contribution in [0.15, 0.2) is 49.2 Å². The molecule has 1 saturated heterocycles. The molecule has 1 aliphatic heterocycles. The second-order valence-corrected chi connectivity index (χ2v) is 7.04. The van der Waals surface area contributed by atoms with Crippen LogP contribution in [-0.4, -0.2) is 51.7 Å². The molecule has 0 spiro atoms. The van der Waals surface area contributed by atoms with E-state index in [0.717, 1.165) is 48.8 Å². The van der Waals surface area contributed by atoms with E-state index in [4.69, 9.17) is 0 Å². The first-order valence-electron chi connectivity index (χ1n) is 9.22. The molecule has 1 aromatic carbocycles. The van der Waals surface area contributed by atoms with E-state index in [1.807, 2.05) is 22.8 Å². The Morgan fingerprint density at radius 3 is 2.38 bits per heavy atom. The van der Waals surface area contributed by atoms with Crippen molar-refractivity contribution in [3.8, 4) is 11.3 Å². The monoisotopic (exact) mass is 347 g/mol. The minimum atomic E-state index is 0.627. The van der Waals surface area contributed by atoms with E-state index in [9.17, 15) is 0 Å². The fraction of sp³-hybridized carbons (Fsp3) is 0.333. The number of nitrogens with zero attached hydrogens (tertiary/aromatic N) is 5. The van der Waals surface area contributed by atoms with Crippen LogP contribution in [0.4, 0.5) is 5.69 Å². The summed E-state index contributed by atoms with van der Waals surface area (Å²) in [5, 5.41) is 4.59. The van der Waals surface area contributed by atoms with E-state index < -0.39 is 0 Å². The van der Waals surface area contributed by atoms with Gasteiger partial charge in [-0.05, 0) is 44.2 Å². The van der Waals surface area contributed by atoms with Crippen molar-refractivity contribution in [1.82, 2.24) is 19.5 Å². The quantitative estimate of drug-likeness (QED) is 0.723. The molecular weight excluding hydrogens is 322 g/mol. The lowest BCUT2D eigenvalue weighted by atomic mass is 10.1. The van der Waals surface area contributed by atoms with E-state index in [1.54, 1.807) is 6.08 Å². The van der Waals surface area contributed by atoms with Crippen molar-refractivity contribution in [3.63, 3.8) is 0 Å². The lowest BCUT2D eigenvalue weighted by Gasteiger charge is -2.38. The van der Waals surface area contributed by atoms with Gasteiger partial charge < -0.3 is 4.90 Å². The van der Waals surface area contributed by atoms with Crippen molar-refractivity contribution in [2.75, 3.05) is 31.1 Å². The van der Waals surface area contributed by atoms with Crippen LogP contribution in [0.25, 0.3) is 23.0 Å². The lowest BCUT2D eigenvalue weighted by Crippen LogP contribution is -2.48. The van der Waals surface area contributed by atoms with E-state index in [0.29, 0.717) is 6.04 Å². The van der Waals surface area contributed by atoms with Gasteiger partial charge in [-0.2, -0.15) is 5.10 Å². The molecule has 1 aliphatic rings. The van der Waals surface area contributed by atoms with Crippen molar-refractivity contribution >= 4 is 17.4 Å². The van der Waals surface area contributed by atoms with Gasteiger partial charge in [-0.3, -0.25) is 4.90 Å². The van der Waals surface area contributed by atoms with Gasteiger partial charge in [0.25, 0.3) is 0 Å². The molecule has 3 heterocycles. The summed E-state index contributed by atoms with van der Waals surface area (Å²) in [5.41, 5.74) is 5.09. The second kappa shape index (κ2) is 6.92. The van der Waals surface area contributed by atoms with Crippen LogP contribution in [0.1, 0.15) is 19.5 Å². The molecule has 0 aliphatic carbocycles. The number of aromatic nitrogens is 3. The number of hydrogen-bond donors (Lipinski definition) is 0. The summed E-state index contributed by atoms with van der Waals surface area (Å²) in [5.74, 6) is 0. The zero-order valence-electron chi connectivity index (χ0n) is 15.5. The number of rotatable bonds is 4. The Balaban J connectivity index is 1.56. The van der Waals surface area contributed by atoms with Crippen molar-refractivity contribution < 1.29 is 0 Å². The number of hydrogen-bond acceptors (Lipinski definition) is 4. The SMILES string of the molecule is C=Cc1ccc2ncc(-c3ccc(N4CCN(C(C)C)CC4)cc3)n2n1. The van der Waals surface area contributed by atoms with Crippen LogP contribution < -0.4 is 4.90 Å². The zero-order valence-corrected chi connectivity index (χ0v) is 15.5. The number of fused-ring (bicyclic) bond motifs is 1. The predicted octanol–water partition coefficient (Wildman–Crippen LogP) is 3.57. The molecule has 134 valence electrons. The molecule has 5 nitrogen and oxygen atoms in total. The number of piperazine rings is 1. The van der Waals surface area contributed by atoms with Crippen LogP contribution in [-0.2, 0) is 0 Å². The first-order chi connectivity index (χ1) is 12.7. The van der Waals surface area contributed by atoms with Gasteiger partial charge in [0, 0.05) is 43.5 Å². The first-order valence-corrected chi connectivity index (χ1v) is 9.22. The van der Waals surface area contributed by atoms with Crippen LogP contribution >= 0.6 is 0 Å². The third-order valence-electron chi connectivity index (χ3n) is 5.16. The third kappa shape index (κ3) is 3.10. The minimum Gasteiger partial charge on any atom is -0.369 e. The van der Waals surface area contributed by atoms with Crippen LogP contribution in [0, 0.1) is 0 Å². The van der Waals surface area contributed by atoms with Crippen LogP contribution in [0.2, 0.25) is 0 Å². The fourth-order valence-corrected chi connectivity index (χ4v) is 3.53. The van der Waals surface area contributed by atoms with E-state index >= 15 is 0 Å². The molecule has 0 atom stereocenters. The molecule has 1 fully saturated rings. The average Bonchev–Trinajstić information content (AvgIpc) is 3.11. The summed E-state index contributed by atoms with van der Waals surface area (Å²) in [6.07, 6.45) is 3.63. The highest BCUT2D eigenvalue weighted by Gasteiger charge is 2.19. The Hall–Kier alpha value is -2.66. The van der Waals surface area contributed by atoms with Crippen molar-refractivity contribution in [2.24, 2.45) is 0 Å². The smallest absolute Gasteiger partial charge is 0.154 e. The van der Waals surface area contributed by atoms with E-state index in [2.05, 4.69) is 64.6 Å². The van der Waals surface area contributed by atoms with E-state index in [1.165, 1.54) is 5.69 Å². The Morgan fingerprint density at radius 1 is 1.00 bits per heavy atom. The van der Waals surface area contributed by atoms with Gasteiger partial charge in [0.15, 0.2) is 5.65 Å². The maximum absolute atomic E-state index is 4.59. The predicted molar refractivity (Wildman–Crippen MR) is 107 cm³/mol. The van der Waals surface area contributed by atoms with Gasteiger partial charge in [0.2, 0.25) is 0 Å². The summed E-state index contributed by atoms with van der Waals surface area (Å²) >= 11 is 0. The molecule has 4 rings (SSSR count). The van der Waals surface area contributed by atoms with Crippen LogP contribution in [0.3, 0.4) is 0 Å².